The van der Waals surface area contributed by atoms with Crippen molar-refractivity contribution in [1.29, 1.82) is 5.26 Å². The molecule has 2 aromatic heterocycles. The van der Waals surface area contributed by atoms with Crippen LogP contribution in [-0.4, -0.2) is 24.3 Å². The molecule has 0 atom stereocenters. The van der Waals surface area contributed by atoms with Crippen LogP contribution in [0.5, 0.6) is 11.5 Å². The summed E-state index contributed by atoms with van der Waals surface area (Å²) in [6, 6.07) is 9.64. The molecule has 160 valence electrons. The van der Waals surface area contributed by atoms with Gasteiger partial charge in [-0.2, -0.15) is 9.94 Å². The fourth-order valence-corrected chi connectivity index (χ4v) is 3.95. The van der Waals surface area contributed by atoms with Crippen LogP contribution in [0.25, 0.3) is 16.7 Å². The van der Waals surface area contributed by atoms with Crippen molar-refractivity contribution in [2.24, 2.45) is 0 Å². The number of rotatable bonds is 4. The summed E-state index contributed by atoms with van der Waals surface area (Å²) in [6.45, 7) is 0. The van der Waals surface area contributed by atoms with Crippen LogP contribution in [-0.2, 0) is 0 Å². The molecule has 2 aromatic carbocycles. The highest BCUT2D eigenvalue weighted by atomic mass is 35.5. The van der Waals surface area contributed by atoms with E-state index < -0.39 is 16.9 Å². The van der Waals surface area contributed by atoms with Gasteiger partial charge >= 0.3 is 11.4 Å². The summed E-state index contributed by atoms with van der Waals surface area (Å²) in [5.41, 5.74) is -0.866. The summed E-state index contributed by atoms with van der Waals surface area (Å²) in [4.78, 5) is 40.7. The van der Waals surface area contributed by atoms with E-state index in [1.165, 1.54) is 12.1 Å². The van der Waals surface area contributed by atoms with Crippen LogP contribution >= 0.6 is 23.2 Å². The number of benzene rings is 2. The minimum absolute atomic E-state index is 0.0691. The molecule has 2 heterocycles. The molecule has 1 fully saturated rings. The predicted molar refractivity (Wildman–Crippen MR) is 116 cm³/mol. The molecule has 1 aliphatic carbocycles. The van der Waals surface area contributed by atoms with Crippen LogP contribution in [0.4, 0.5) is 0 Å². The lowest BCUT2D eigenvalue weighted by Gasteiger charge is -2.12. The Kier molecular flexibility index (Phi) is 4.65. The van der Waals surface area contributed by atoms with Gasteiger partial charge in [0.05, 0.1) is 26.8 Å². The van der Waals surface area contributed by atoms with Crippen LogP contribution in [0, 0.1) is 11.3 Å². The molecule has 0 bridgehead atoms. The van der Waals surface area contributed by atoms with Crippen molar-refractivity contribution in [3.8, 4) is 23.3 Å². The van der Waals surface area contributed by atoms with Crippen molar-refractivity contribution in [3.05, 3.63) is 77.4 Å². The maximum atomic E-state index is 12.2. The molecular formula is C20H12Cl2N6O4. The number of fused-ring (bicyclic) bond motifs is 1. The maximum Gasteiger partial charge on any atom is 0.349 e. The molecule has 4 aromatic rings. The molecule has 0 radical (unpaired) electrons. The second-order valence-corrected chi connectivity index (χ2v) is 8.00. The van der Waals surface area contributed by atoms with E-state index >= 15 is 0 Å². The van der Waals surface area contributed by atoms with Gasteiger partial charge in [0.2, 0.25) is 5.69 Å². The Balaban J connectivity index is 1.54. The van der Waals surface area contributed by atoms with E-state index in [0.29, 0.717) is 16.8 Å². The van der Waals surface area contributed by atoms with Crippen LogP contribution in [0.15, 0.2) is 44.7 Å². The first-order chi connectivity index (χ1) is 15.4. The van der Waals surface area contributed by atoms with Gasteiger partial charge in [0.1, 0.15) is 11.8 Å². The van der Waals surface area contributed by atoms with Crippen LogP contribution in [0.2, 0.25) is 10.0 Å². The predicted octanol–water partition coefficient (Wildman–Crippen LogP) is 2.87. The van der Waals surface area contributed by atoms with Gasteiger partial charge in [0.15, 0.2) is 5.75 Å². The minimum atomic E-state index is -0.893. The summed E-state index contributed by atoms with van der Waals surface area (Å²) in [7, 11) is 0. The Hall–Kier alpha value is -3.81. The van der Waals surface area contributed by atoms with Crippen molar-refractivity contribution >= 4 is 34.2 Å². The highest BCUT2D eigenvalue weighted by Crippen LogP contribution is 2.40. The summed E-state index contributed by atoms with van der Waals surface area (Å²) in [6.07, 6.45) is 1.89. The van der Waals surface area contributed by atoms with Gasteiger partial charge in [-0.3, -0.25) is 14.3 Å². The average molecular weight is 471 g/mol. The van der Waals surface area contributed by atoms with E-state index in [2.05, 4.69) is 10.1 Å². The number of H-pyrrole nitrogens is 2. The lowest BCUT2D eigenvalue weighted by molar-refractivity contribution is 0.483. The Morgan fingerprint density at radius 3 is 2.44 bits per heavy atom. The molecule has 1 aliphatic rings. The smallest absolute Gasteiger partial charge is 0.349 e. The third kappa shape index (κ3) is 3.37. The van der Waals surface area contributed by atoms with Gasteiger partial charge in [-0.25, -0.2) is 9.59 Å². The first-order valence-corrected chi connectivity index (χ1v) is 10.2. The van der Waals surface area contributed by atoms with Gasteiger partial charge in [0.25, 0.3) is 5.56 Å². The zero-order chi connectivity index (χ0) is 22.6. The van der Waals surface area contributed by atoms with Crippen molar-refractivity contribution in [2.75, 3.05) is 0 Å². The Morgan fingerprint density at radius 1 is 1.06 bits per heavy atom. The van der Waals surface area contributed by atoms with Crippen molar-refractivity contribution in [2.45, 2.75) is 18.9 Å². The number of halogens is 2. The monoisotopic (exact) mass is 470 g/mol. The highest BCUT2D eigenvalue weighted by Gasteiger charge is 2.27. The largest absolute Gasteiger partial charge is 0.454 e. The maximum absolute atomic E-state index is 12.2. The molecule has 5 rings (SSSR count). The second kappa shape index (κ2) is 7.40. The summed E-state index contributed by atoms with van der Waals surface area (Å²) >= 11 is 12.7. The van der Waals surface area contributed by atoms with E-state index in [1.54, 1.807) is 28.8 Å². The summed E-state index contributed by atoms with van der Waals surface area (Å²) < 4.78 is 8.40. The topological polar surface area (TPSA) is 139 Å². The fraction of sp³-hybridized carbons (Fsp3) is 0.150. The van der Waals surface area contributed by atoms with Crippen molar-refractivity contribution in [3.63, 3.8) is 0 Å². The molecular weight excluding hydrogens is 459 g/mol. The normalized spacial score (nSPS) is 13.3. The molecule has 1 saturated carbocycles. The first kappa shape index (κ1) is 20.1. The van der Waals surface area contributed by atoms with E-state index in [1.807, 2.05) is 4.98 Å². The molecule has 0 aliphatic heterocycles. The molecule has 32 heavy (non-hydrogen) atoms. The molecule has 0 saturated heterocycles. The quantitative estimate of drug-likeness (QED) is 0.469. The molecule has 0 spiro atoms. The minimum Gasteiger partial charge on any atom is -0.454 e. The van der Waals surface area contributed by atoms with E-state index in [4.69, 9.17) is 33.2 Å². The number of hydrogen-bond acceptors (Lipinski definition) is 6. The zero-order valence-electron chi connectivity index (χ0n) is 16.1. The lowest BCUT2D eigenvalue weighted by Crippen LogP contribution is -2.33. The molecule has 10 nitrogen and oxygen atoms in total. The first-order valence-electron chi connectivity index (χ1n) is 9.41. The molecule has 0 unspecified atom stereocenters. The molecule has 12 heteroatoms. The fourth-order valence-electron chi connectivity index (χ4n) is 3.39. The van der Waals surface area contributed by atoms with Gasteiger partial charge in [0, 0.05) is 12.1 Å². The zero-order valence-corrected chi connectivity index (χ0v) is 17.6. The van der Waals surface area contributed by atoms with Gasteiger partial charge in [-0.05, 0) is 37.1 Å². The number of ether oxygens (including phenoxy) is 1. The third-order valence-corrected chi connectivity index (χ3v) is 5.54. The third-order valence-electron chi connectivity index (χ3n) is 4.98. The number of nitrogens with one attached hydrogen (secondary N) is 2. The Morgan fingerprint density at radius 2 is 1.78 bits per heavy atom. The number of nitriles is 1. The molecule has 0 amide bonds. The van der Waals surface area contributed by atoms with E-state index in [-0.39, 0.29) is 33.2 Å². The number of aromatic nitrogens is 5. The highest BCUT2D eigenvalue weighted by molar-refractivity contribution is 6.37. The van der Waals surface area contributed by atoms with E-state index in [9.17, 15) is 14.4 Å². The SMILES string of the molecule is N#Cc1nn(-c2cc(Cl)c(Oc3ccc4[nH]c(=O)n(C5CC5)c4c3)c(Cl)c2)c(=O)[nH]c1=O. The number of imidazole rings is 1. The second-order valence-electron chi connectivity index (χ2n) is 7.18. The van der Waals surface area contributed by atoms with Gasteiger partial charge < -0.3 is 9.72 Å². The Labute approximate surface area is 188 Å². The van der Waals surface area contributed by atoms with E-state index in [0.717, 1.165) is 17.5 Å². The standard InChI is InChI=1S/C20H12Cl2N6O4/c21-12-5-10(28-20(31)25-18(29)15(8-23)26-28)6-13(22)17(12)32-11-3-4-14-16(7-11)27(9-1-2-9)19(30)24-14/h3-7,9H,1-2H2,(H,24,30)(H,25,29,31). The van der Waals surface area contributed by atoms with Crippen molar-refractivity contribution in [1.82, 2.24) is 24.3 Å². The van der Waals surface area contributed by atoms with Crippen LogP contribution in [0.3, 0.4) is 0 Å². The summed E-state index contributed by atoms with van der Waals surface area (Å²) in [5, 5.41) is 12.9. The number of nitrogens with zero attached hydrogens (tertiary/aromatic N) is 4. The van der Waals surface area contributed by atoms with Crippen molar-refractivity contribution < 1.29 is 4.74 Å². The number of hydrogen-bond donors (Lipinski definition) is 2. The van der Waals surface area contributed by atoms with Gasteiger partial charge in [-0.15, -0.1) is 5.10 Å². The van der Waals surface area contributed by atoms with Crippen LogP contribution < -0.4 is 21.7 Å². The Bertz CT molecular complexity index is 1600. The van der Waals surface area contributed by atoms with Crippen LogP contribution in [0.1, 0.15) is 24.6 Å². The number of aromatic amines is 2. The average Bonchev–Trinajstić information content (AvgIpc) is 3.52. The summed E-state index contributed by atoms with van der Waals surface area (Å²) in [5.74, 6) is 0.541. The van der Waals surface area contributed by atoms with Gasteiger partial charge in [-0.1, -0.05) is 23.2 Å². The molecule has 2 N–H and O–H groups in total. The lowest BCUT2D eigenvalue weighted by atomic mass is 10.2.